The molecule has 3 atom stereocenters. The third-order valence-electron chi connectivity index (χ3n) is 5.24. The van der Waals surface area contributed by atoms with Crippen molar-refractivity contribution in [2.75, 3.05) is 6.61 Å². The van der Waals surface area contributed by atoms with Gasteiger partial charge in [-0.15, -0.1) is 0 Å². The summed E-state index contributed by atoms with van der Waals surface area (Å²) in [5, 5.41) is 0. The monoisotopic (exact) mass is 286 g/mol. The summed E-state index contributed by atoms with van der Waals surface area (Å²) in [6, 6.07) is 9.08. The zero-order valence-corrected chi connectivity index (χ0v) is 12.2. The molecule has 2 bridgehead atoms. The van der Waals surface area contributed by atoms with Crippen LogP contribution < -0.4 is 5.73 Å². The van der Waals surface area contributed by atoms with Crippen LogP contribution in [0.25, 0.3) is 0 Å². The van der Waals surface area contributed by atoms with Crippen LogP contribution in [0.15, 0.2) is 24.3 Å². The first-order valence-electron chi connectivity index (χ1n) is 8.01. The molecule has 1 amide bonds. The third kappa shape index (κ3) is 2.17. The second-order valence-electron chi connectivity index (χ2n) is 6.56. The van der Waals surface area contributed by atoms with Crippen molar-refractivity contribution in [1.29, 1.82) is 0 Å². The minimum atomic E-state index is -0.410. The minimum Gasteiger partial charge on any atom is -0.363 e. The Labute approximate surface area is 125 Å². The molecule has 3 heterocycles. The number of nitrogens with zero attached hydrogens (tertiary/aromatic N) is 1. The molecule has 4 heteroatoms. The molecule has 4 rings (SSSR count). The number of nitrogens with two attached hydrogens (primary N) is 1. The van der Waals surface area contributed by atoms with Gasteiger partial charge in [0.1, 0.15) is 0 Å². The number of fused-ring (bicyclic) bond motifs is 3. The lowest BCUT2D eigenvalue weighted by atomic mass is 9.93. The first kappa shape index (κ1) is 13.3. The lowest BCUT2D eigenvalue weighted by molar-refractivity contribution is -0.150. The maximum absolute atomic E-state index is 13.0. The van der Waals surface area contributed by atoms with Gasteiger partial charge < -0.3 is 15.4 Å². The summed E-state index contributed by atoms with van der Waals surface area (Å²) >= 11 is 0. The average Bonchev–Trinajstić information content (AvgIpc) is 2.78. The highest BCUT2D eigenvalue weighted by atomic mass is 16.5. The molecule has 4 nitrogen and oxygen atoms in total. The molecule has 0 aliphatic carbocycles. The van der Waals surface area contributed by atoms with Gasteiger partial charge in [0.05, 0.1) is 6.61 Å². The van der Waals surface area contributed by atoms with Gasteiger partial charge in [0.25, 0.3) is 5.91 Å². The molecule has 2 fully saturated rings. The first-order chi connectivity index (χ1) is 10.2. The van der Waals surface area contributed by atoms with E-state index in [1.165, 1.54) is 5.56 Å². The molecule has 3 aliphatic heterocycles. The Morgan fingerprint density at radius 1 is 1.19 bits per heavy atom. The molecular weight excluding hydrogens is 264 g/mol. The van der Waals surface area contributed by atoms with Gasteiger partial charge in [0.15, 0.2) is 6.10 Å². The van der Waals surface area contributed by atoms with Crippen molar-refractivity contribution in [3.8, 4) is 0 Å². The summed E-state index contributed by atoms with van der Waals surface area (Å²) in [6.07, 6.45) is 4.56. The van der Waals surface area contributed by atoms with Gasteiger partial charge in [0, 0.05) is 18.1 Å². The fourth-order valence-corrected chi connectivity index (χ4v) is 4.31. The van der Waals surface area contributed by atoms with Gasteiger partial charge in [-0.25, -0.2) is 0 Å². The van der Waals surface area contributed by atoms with E-state index in [1.807, 2.05) is 18.2 Å². The van der Waals surface area contributed by atoms with Gasteiger partial charge >= 0.3 is 0 Å². The summed E-state index contributed by atoms with van der Waals surface area (Å²) in [4.78, 5) is 15.1. The van der Waals surface area contributed by atoms with E-state index in [2.05, 4.69) is 11.0 Å². The van der Waals surface area contributed by atoms with Crippen molar-refractivity contribution in [2.45, 2.75) is 56.3 Å². The molecule has 2 saturated heterocycles. The van der Waals surface area contributed by atoms with Crippen molar-refractivity contribution in [3.63, 3.8) is 0 Å². The molecule has 1 aromatic carbocycles. The molecule has 0 spiro atoms. The van der Waals surface area contributed by atoms with Crippen LogP contribution in [0.4, 0.5) is 0 Å². The van der Waals surface area contributed by atoms with Crippen molar-refractivity contribution in [2.24, 2.45) is 5.73 Å². The van der Waals surface area contributed by atoms with Crippen molar-refractivity contribution in [1.82, 2.24) is 4.90 Å². The van der Waals surface area contributed by atoms with E-state index in [9.17, 15) is 4.79 Å². The molecule has 21 heavy (non-hydrogen) atoms. The van der Waals surface area contributed by atoms with Crippen molar-refractivity contribution in [3.05, 3.63) is 35.4 Å². The van der Waals surface area contributed by atoms with E-state index in [0.29, 0.717) is 18.7 Å². The van der Waals surface area contributed by atoms with Crippen LogP contribution in [0.3, 0.4) is 0 Å². The molecule has 2 N–H and O–H groups in total. The van der Waals surface area contributed by atoms with E-state index in [0.717, 1.165) is 37.7 Å². The second-order valence-corrected chi connectivity index (χ2v) is 6.56. The lowest BCUT2D eigenvalue weighted by Crippen LogP contribution is -2.52. The smallest absolute Gasteiger partial charge is 0.256 e. The Balaban J connectivity index is 1.62. The standard InChI is InChI=1S/C17H22N2O2/c18-12-9-13-5-6-14(10-12)19(13)17(20)16-15-4-2-1-3-11(15)7-8-21-16/h1-4,12-14,16H,5-10,18H2. The predicted molar refractivity (Wildman–Crippen MR) is 79.7 cm³/mol. The lowest BCUT2D eigenvalue weighted by Gasteiger charge is -2.40. The van der Waals surface area contributed by atoms with Gasteiger partial charge in [-0.1, -0.05) is 24.3 Å². The molecule has 112 valence electrons. The number of hydrogen-bond donors (Lipinski definition) is 1. The largest absolute Gasteiger partial charge is 0.363 e. The highest BCUT2D eigenvalue weighted by Gasteiger charge is 2.45. The number of ether oxygens (including phenoxy) is 1. The Kier molecular flexibility index (Phi) is 3.23. The molecule has 0 saturated carbocycles. The number of rotatable bonds is 1. The number of amides is 1. The molecule has 1 aromatic rings. The third-order valence-corrected chi connectivity index (χ3v) is 5.24. The fourth-order valence-electron chi connectivity index (χ4n) is 4.31. The Morgan fingerprint density at radius 3 is 2.67 bits per heavy atom. The molecule has 3 aliphatic rings. The number of hydrogen-bond acceptors (Lipinski definition) is 3. The average molecular weight is 286 g/mol. The second kappa shape index (κ2) is 5.11. The van der Waals surface area contributed by atoms with Gasteiger partial charge in [0.2, 0.25) is 0 Å². The molecule has 0 radical (unpaired) electrons. The van der Waals surface area contributed by atoms with Crippen LogP contribution in [0.5, 0.6) is 0 Å². The van der Waals surface area contributed by atoms with Gasteiger partial charge in [-0.05, 0) is 43.2 Å². The van der Waals surface area contributed by atoms with Crippen LogP contribution in [0.1, 0.15) is 42.9 Å². The van der Waals surface area contributed by atoms with Crippen LogP contribution in [0.2, 0.25) is 0 Å². The van der Waals surface area contributed by atoms with Gasteiger partial charge in [-0.2, -0.15) is 0 Å². The Morgan fingerprint density at radius 2 is 1.90 bits per heavy atom. The topological polar surface area (TPSA) is 55.6 Å². The van der Waals surface area contributed by atoms with E-state index < -0.39 is 6.10 Å². The van der Waals surface area contributed by atoms with Crippen LogP contribution in [-0.4, -0.2) is 35.5 Å². The van der Waals surface area contributed by atoms with Crippen molar-refractivity contribution < 1.29 is 9.53 Å². The summed E-state index contributed by atoms with van der Waals surface area (Å²) in [5.41, 5.74) is 8.42. The van der Waals surface area contributed by atoms with Gasteiger partial charge in [-0.3, -0.25) is 4.79 Å². The van der Waals surface area contributed by atoms with Crippen LogP contribution >= 0.6 is 0 Å². The maximum atomic E-state index is 13.0. The summed E-state index contributed by atoms with van der Waals surface area (Å²) in [6.45, 7) is 0.635. The maximum Gasteiger partial charge on any atom is 0.256 e. The minimum absolute atomic E-state index is 0.154. The normalized spacial score (nSPS) is 34.6. The summed E-state index contributed by atoms with van der Waals surface area (Å²) < 4.78 is 5.85. The van der Waals surface area contributed by atoms with Crippen LogP contribution in [0, 0.1) is 0 Å². The fraction of sp³-hybridized carbons (Fsp3) is 0.588. The number of carbonyl (C=O) groups is 1. The van der Waals surface area contributed by atoms with E-state index in [1.54, 1.807) is 0 Å². The predicted octanol–water partition coefficient (Wildman–Crippen LogP) is 1.78. The molecule has 0 aromatic heterocycles. The summed E-state index contributed by atoms with van der Waals surface area (Å²) in [7, 11) is 0. The molecule has 3 unspecified atom stereocenters. The quantitative estimate of drug-likeness (QED) is 0.856. The first-order valence-corrected chi connectivity index (χ1v) is 8.01. The highest BCUT2D eigenvalue weighted by molar-refractivity contribution is 5.84. The number of carbonyl (C=O) groups excluding carboxylic acids is 1. The van der Waals surface area contributed by atoms with E-state index in [4.69, 9.17) is 10.5 Å². The van der Waals surface area contributed by atoms with E-state index in [-0.39, 0.29) is 11.9 Å². The van der Waals surface area contributed by atoms with Crippen molar-refractivity contribution >= 4 is 5.91 Å². The van der Waals surface area contributed by atoms with E-state index >= 15 is 0 Å². The van der Waals surface area contributed by atoms with Crippen LogP contribution in [-0.2, 0) is 16.0 Å². The number of piperidine rings is 1. The Hall–Kier alpha value is -1.39. The zero-order chi connectivity index (χ0) is 14.4. The zero-order valence-electron chi connectivity index (χ0n) is 12.2. The summed E-state index contributed by atoms with van der Waals surface area (Å²) in [5.74, 6) is 0.154. The molecular formula is C17H22N2O2. The number of benzene rings is 1. The SMILES string of the molecule is NC1CC2CCC(C1)N2C(=O)C1OCCc2ccccc21. The highest BCUT2D eigenvalue weighted by Crippen LogP contribution is 2.39. The Bertz CT molecular complexity index is 545.